The number of nitrogens with zero attached hydrogens (tertiary/aromatic N) is 4. The molecule has 0 fully saturated rings. The van der Waals surface area contributed by atoms with Crippen LogP contribution in [-0.2, 0) is 0 Å². The zero-order chi connectivity index (χ0) is 23.8. The Hall–Kier alpha value is -5.00. The van der Waals surface area contributed by atoms with Crippen molar-refractivity contribution < 1.29 is 19.7 Å². The number of hydrazone groups is 2. The number of ether oxygens (including phenoxy) is 1. The molecule has 33 heavy (non-hydrogen) atoms. The standard InChI is InChI=1S/C21H18N6O6/c1-33-20-11-14(12-22-24-16-2-6-18(7-3-16)26(29)30)10-15(21(20)28)13-23-25-17-4-8-19(9-5-17)27(31)32/h2-13,24-25,28H,1H3/b22-12-,23-13+. The number of rotatable bonds is 9. The summed E-state index contributed by atoms with van der Waals surface area (Å²) in [5, 5.41) is 39.9. The maximum atomic E-state index is 10.7. The Morgan fingerprint density at radius 2 is 1.33 bits per heavy atom. The molecule has 0 aliphatic rings. The van der Waals surface area contributed by atoms with Gasteiger partial charge in [-0.05, 0) is 42.0 Å². The lowest BCUT2D eigenvalue weighted by Crippen LogP contribution is -1.97. The molecule has 0 aliphatic carbocycles. The van der Waals surface area contributed by atoms with E-state index in [4.69, 9.17) is 4.74 Å². The Bertz CT molecular complexity index is 1210. The molecule has 3 N–H and O–H groups in total. The van der Waals surface area contributed by atoms with Gasteiger partial charge in [0.05, 0.1) is 40.8 Å². The summed E-state index contributed by atoms with van der Waals surface area (Å²) in [4.78, 5) is 20.4. The molecule has 0 atom stereocenters. The Morgan fingerprint density at radius 3 is 1.79 bits per heavy atom. The average molecular weight is 450 g/mol. The SMILES string of the molecule is COc1cc(/C=N\Nc2ccc([N+](=O)[O-])cc2)cc(/C=N/Nc2ccc([N+](=O)[O-])cc2)c1O. The number of benzene rings is 3. The van der Waals surface area contributed by atoms with Gasteiger partial charge in [-0.15, -0.1) is 0 Å². The van der Waals surface area contributed by atoms with Crippen molar-refractivity contribution in [1.29, 1.82) is 0 Å². The molecule has 0 saturated carbocycles. The molecule has 0 heterocycles. The number of hydrogen-bond donors (Lipinski definition) is 3. The van der Waals surface area contributed by atoms with E-state index < -0.39 is 9.85 Å². The van der Waals surface area contributed by atoms with Crippen LogP contribution in [0.15, 0.2) is 70.9 Å². The zero-order valence-corrected chi connectivity index (χ0v) is 17.2. The van der Waals surface area contributed by atoms with E-state index in [9.17, 15) is 25.3 Å². The highest BCUT2D eigenvalue weighted by Crippen LogP contribution is 2.30. The van der Waals surface area contributed by atoms with Gasteiger partial charge in [-0.25, -0.2) is 0 Å². The van der Waals surface area contributed by atoms with E-state index in [-0.39, 0.29) is 22.9 Å². The van der Waals surface area contributed by atoms with Gasteiger partial charge in [0.1, 0.15) is 0 Å². The lowest BCUT2D eigenvalue weighted by atomic mass is 10.1. The summed E-state index contributed by atoms with van der Waals surface area (Å²) in [5.74, 6) is 0.0679. The molecule has 3 aromatic carbocycles. The summed E-state index contributed by atoms with van der Waals surface area (Å²) >= 11 is 0. The molecule has 12 heteroatoms. The number of nitro groups is 2. The fourth-order valence-corrected chi connectivity index (χ4v) is 2.65. The third-order valence-electron chi connectivity index (χ3n) is 4.31. The summed E-state index contributed by atoms with van der Waals surface area (Å²) < 4.78 is 5.18. The topological polar surface area (TPSA) is 165 Å². The largest absolute Gasteiger partial charge is 0.504 e. The second kappa shape index (κ2) is 10.3. The minimum absolute atomic E-state index is 0.0286. The second-order valence-electron chi connectivity index (χ2n) is 6.51. The van der Waals surface area contributed by atoms with Crippen molar-refractivity contribution in [1.82, 2.24) is 0 Å². The van der Waals surface area contributed by atoms with Gasteiger partial charge >= 0.3 is 0 Å². The maximum absolute atomic E-state index is 10.7. The van der Waals surface area contributed by atoms with Crippen LogP contribution in [0.3, 0.4) is 0 Å². The highest BCUT2D eigenvalue weighted by Gasteiger charge is 2.09. The molecule has 3 rings (SSSR count). The molecule has 0 saturated heterocycles. The van der Waals surface area contributed by atoms with Crippen LogP contribution in [0.4, 0.5) is 22.7 Å². The molecule has 0 bridgehead atoms. The van der Waals surface area contributed by atoms with Gasteiger partial charge in [0.25, 0.3) is 11.4 Å². The molecule has 0 unspecified atom stereocenters. The summed E-state index contributed by atoms with van der Waals surface area (Å²) in [6.07, 6.45) is 2.84. The van der Waals surface area contributed by atoms with Crippen molar-refractivity contribution in [2.45, 2.75) is 0 Å². The molecule has 12 nitrogen and oxygen atoms in total. The van der Waals surface area contributed by atoms with Gasteiger partial charge in [0, 0.05) is 29.8 Å². The van der Waals surface area contributed by atoms with Crippen LogP contribution in [0, 0.1) is 20.2 Å². The van der Waals surface area contributed by atoms with Crippen LogP contribution in [0.5, 0.6) is 11.5 Å². The third-order valence-corrected chi connectivity index (χ3v) is 4.31. The highest BCUT2D eigenvalue weighted by molar-refractivity contribution is 5.91. The number of phenolic OH excluding ortho intramolecular Hbond substituents is 1. The normalized spacial score (nSPS) is 10.9. The summed E-state index contributed by atoms with van der Waals surface area (Å²) in [5.41, 5.74) is 7.40. The van der Waals surface area contributed by atoms with E-state index >= 15 is 0 Å². The van der Waals surface area contributed by atoms with Crippen LogP contribution in [0.25, 0.3) is 0 Å². The maximum Gasteiger partial charge on any atom is 0.269 e. The van der Waals surface area contributed by atoms with Crippen molar-refractivity contribution in [2.75, 3.05) is 18.0 Å². The predicted molar refractivity (Wildman–Crippen MR) is 123 cm³/mol. The molecular weight excluding hydrogens is 432 g/mol. The van der Waals surface area contributed by atoms with Gasteiger partial charge in [-0.2, -0.15) is 10.2 Å². The Kier molecular flexibility index (Phi) is 7.11. The number of methoxy groups -OCH3 is 1. The first kappa shape index (κ1) is 22.7. The van der Waals surface area contributed by atoms with Crippen LogP contribution in [0.1, 0.15) is 11.1 Å². The minimum atomic E-state index is -0.499. The minimum Gasteiger partial charge on any atom is -0.504 e. The van der Waals surface area contributed by atoms with E-state index in [1.54, 1.807) is 12.1 Å². The molecule has 0 aliphatic heterocycles. The smallest absolute Gasteiger partial charge is 0.269 e. The monoisotopic (exact) mass is 450 g/mol. The molecule has 0 radical (unpaired) electrons. The first-order chi connectivity index (χ1) is 15.9. The van der Waals surface area contributed by atoms with Gasteiger partial charge in [0.15, 0.2) is 11.5 Å². The summed E-state index contributed by atoms with van der Waals surface area (Å²) in [6, 6.07) is 14.6. The molecule has 168 valence electrons. The number of phenols is 1. The Balaban J connectivity index is 1.72. The van der Waals surface area contributed by atoms with E-state index in [1.807, 2.05) is 0 Å². The van der Waals surface area contributed by atoms with Crippen LogP contribution in [0.2, 0.25) is 0 Å². The van der Waals surface area contributed by atoms with E-state index in [0.29, 0.717) is 22.5 Å². The van der Waals surface area contributed by atoms with E-state index in [1.165, 1.54) is 68.1 Å². The van der Waals surface area contributed by atoms with Gasteiger partial charge in [-0.1, -0.05) is 0 Å². The van der Waals surface area contributed by atoms with Crippen molar-refractivity contribution in [3.63, 3.8) is 0 Å². The van der Waals surface area contributed by atoms with Gasteiger partial charge < -0.3 is 9.84 Å². The Labute approximate surface area is 187 Å². The molecule has 0 spiro atoms. The predicted octanol–water partition coefficient (Wildman–Crippen LogP) is 4.11. The number of nitrogens with one attached hydrogen (secondary N) is 2. The quantitative estimate of drug-likeness (QED) is 0.249. The van der Waals surface area contributed by atoms with Gasteiger partial charge in [-0.3, -0.25) is 31.1 Å². The van der Waals surface area contributed by atoms with Crippen molar-refractivity contribution in [3.8, 4) is 11.5 Å². The number of aromatic hydroxyl groups is 1. The molecular formula is C21H18N6O6. The van der Waals surface area contributed by atoms with Gasteiger partial charge in [0.2, 0.25) is 0 Å². The molecule has 3 aromatic rings. The van der Waals surface area contributed by atoms with E-state index in [2.05, 4.69) is 21.1 Å². The number of non-ortho nitro benzene ring substituents is 2. The molecule has 0 amide bonds. The van der Waals surface area contributed by atoms with Crippen LogP contribution in [-0.4, -0.2) is 34.5 Å². The third kappa shape index (κ3) is 6.01. The van der Waals surface area contributed by atoms with Crippen LogP contribution < -0.4 is 15.6 Å². The van der Waals surface area contributed by atoms with Crippen molar-refractivity contribution >= 4 is 35.2 Å². The van der Waals surface area contributed by atoms with E-state index in [0.717, 1.165) is 0 Å². The number of anilines is 2. The lowest BCUT2D eigenvalue weighted by Gasteiger charge is -2.08. The second-order valence-corrected chi connectivity index (χ2v) is 6.51. The average Bonchev–Trinajstić information content (AvgIpc) is 2.81. The number of hydrogen-bond acceptors (Lipinski definition) is 10. The summed E-state index contributed by atoms with van der Waals surface area (Å²) in [6.45, 7) is 0. The lowest BCUT2D eigenvalue weighted by molar-refractivity contribution is -0.385. The molecule has 0 aromatic heterocycles. The first-order valence-corrected chi connectivity index (χ1v) is 9.35. The fourth-order valence-electron chi connectivity index (χ4n) is 2.65. The summed E-state index contributed by atoms with van der Waals surface area (Å²) in [7, 11) is 1.40. The van der Waals surface area contributed by atoms with Crippen molar-refractivity contribution in [3.05, 3.63) is 92.0 Å². The fraction of sp³-hybridized carbons (Fsp3) is 0.0476. The Morgan fingerprint density at radius 1 is 0.848 bits per heavy atom. The highest BCUT2D eigenvalue weighted by atomic mass is 16.6. The van der Waals surface area contributed by atoms with Crippen LogP contribution >= 0.6 is 0 Å². The van der Waals surface area contributed by atoms with Crippen molar-refractivity contribution in [2.24, 2.45) is 10.2 Å². The zero-order valence-electron chi connectivity index (χ0n) is 17.2. The first-order valence-electron chi connectivity index (χ1n) is 9.35. The number of nitro benzene ring substituents is 2.